The van der Waals surface area contributed by atoms with E-state index in [9.17, 15) is 0 Å². The Morgan fingerprint density at radius 1 is 1.75 bits per heavy atom. The molecule has 8 heavy (non-hydrogen) atoms. The molecule has 1 aromatic heterocycles. The molecule has 0 atom stereocenters. The van der Waals surface area contributed by atoms with Gasteiger partial charge in [-0.05, 0) is 6.42 Å². The molecule has 0 saturated carbocycles. The van der Waals surface area contributed by atoms with Crippen molar-refractivity contribution in [3.05, 3.63) is 10.5 Å². The van der Waals surface area contributed by atoms with Crippen molar-refractivity contribution in [2.24, 2.45) is 0 Å². The van der Waals surface area contributed by atoms with Crippen LogP contribution >= 0.6 is 11.3 Å². The average molecular weight is 128 g/mol. The van der Waals surface area contributed by atoms with E-state index >= 15 is 0 Å². The van der Waals surface area contributed by atoms with Crippen LogP contribution < -0.4 is 0 Å². The van der Waals surface area contributed by atoms with Gasteiger partial charge >= 0.3 is 0 Å². The molecule has 0 aliphatic heterocycles. The summed E-state index contributed by atoms with van der Waals surface area (Å²) in [6.45, 7) is 2.14. The van der Waals surface area contributed by atoms with Crippen molar-refractivity contribution in [2.75, 3.05) is 0 Å². The van der Waals surface area contributed by atoms with Gasteiger partial charge in [-0.3, -0.25) is 0 Å². The highest BCUT2D eigenvalue weighted by molar-refractivity contribution is 7.09. The highest BCUT2D eigenvalue weighted by atomic mass is 32.1. The van der Waals surface area contributed by atoms with Crippen LogP contribution in [0.4, 0.5) is 0 Å². The smallest absolute Gasteiger partial charge is 0.117 e. The minimum Gasteiger partial charge on any atom is -0.147 e. The third-order valence-corrected chi connectivity index (χ3v) is 1.63. The summed E-state index contributed by atoms with van der Waals surface area (Å²) in [7, 11) is 0. The molecule has 0 N–H and O–H groups in total. The maximum atomic E-state index is 3.87. The van der Waals surface area contributed by atoms with Gasteiger partial charge in [-0.2, -0.15) is 0 Å². The largest absolute Gasteiger partial charge is 0.147 e. The van der Waals surface area contributed by atoms with Crippen molar-refractivity contribution in [3.63, 3.8) is 0 Å². The molecule has 0 aliphatic rings. The van der Waals surface area contributed by atoms with Gasteiger partial charge in [0.05, 0.1) is 0 Å². The fraction of sp³-hybridized carbons (Fsp3) is 0.600. The van der Waals surface area contributed by atoms with Gasteiger partial charge in [0.2, 0.25) is 0 Å². The standard InChI is InChI=1S/C5H8N2S/c1-2-3-5-7-6-4-8-5/h4H,2-3H2,1H3. The molecule has 0 aromatic carbocycles. The van der Waals surface area contributed by atoms with Crippen LogP contribution in [0.3, 0.4) is 0 Å². The molecule has 0 aliphatic carbocycles. The Morgan fingerprint density at radius 2 is 2.62 bits per heavy atom. The number of aromatic nitrogens is 2. The van der Waals surface area contributed by atoms with E-state index in [1.165, 1.54) is 0 Å². The first-order valence-corrected chi connectivity index (χ1v) is 3.56. The third-order valence-electron chi connectivity index (χ3n) is 0.869. The molecule has 0 spiro atoms. The summed E-state index contributed by atoms with van der Waals surface area (Å²) in [6.07, 6.45) is 2.24. The van der Waals surface area contributed by atoms with Crippen molar-refractivity contribution in [3.8, 4) is 0 Å². The summed E-state index contributed by atoms with van der Waals surface area (Å²) >= 11 is 1.63. The first-order valence-electron chi connectivity index (χ1n) is 2.68. The van der Waals surface area contributed by atoms with Crippen LogP contribution in [0.25, 0.3) is 0 Å². The second-order valence-electron chi connectivity index (χ2n) is 1.58. The molecule has 0 unspecified atom stereocenters. The molecule has 0 amide bonds. The van der Waals surface area contributed by atoms with Crippen molar-refractivity contribution >= 4 is 11.3 Å². The lowest BCUT2D eigenvalue weighted by Crippen LogP contribution is -1.79. The first kappa shape index (κ1) is 5.69. The van der Waals surface area contributed by atoms with Gasteiger partial charge < -0.3 is 0 Å². The summed E-state index contributed by atoms with van der Waals surface area (Å²) in [5.41, 5.74) is 1.77. The molecule has 0 fully saturated rings. The summed E-state index contributed by atoms with van der Waals surface area (Å²) in [5, 5.41) is 8.73. The normalized spacial score (nSPS) is 9.62. The van der Waals surface area contributed by atoms with Crippen LogP contribution in [-0.4, -0.2) is 10.2 Å². The van der Waals surface area contributed by atoms with E-state index in [0.717, 1.165) is 17.8 Å². The summed E-state index contributed by atoms with van der Waals surface area (Å²) in [5.74, 6) is 0. The van der Waals surface area contributed by atoms with Gasteiger partial charge in [-0.25, -0.2) is 0 Å². The zero-order chi connectivity index (χ0) is 5.82. The minimum atomic E-state index is 1.07. The van der Waals surface area contributed by atoms with Gasteiger partial charge in [0.1, 0.15) is 10.5 Å². The second kappa shape index (κ2) is 2.77. The summed E-state index contributed by atoms with van der Waals surface area (Å²) in [4.78, 5) is 0. The molecule has 2 nitrogen and oxygen atoms in total. The van der Waals surface area contributed by atoms with Crippen molar-refractivity contribution in [1.82, 2.24) is 10.2 Å². The van der Waals surface area contributed by atoms with E-state index in [1.807, 2.05) is 0 Å². The predicted octanol–water partition coefficient (Wildman–Crippen LogP) is 1.49. The van der Waals surface area contributed by atoms with Crippen LogP contribution in [0, 0.1) is 0 Å². The molecule has 44 valence electrons. The number of nitrogens with zero attached hydrogens (tertiary/aromatic N) is 2. The van der Waals surface area contributed by atoms with Crippen molar-refractivity contribution < 1.29 is 0 Å². The fourth-order valence-corrected chi connectivity index (χ4v) is 1.15. The average Bonchev–Trinajstić information content (AvgIpc) is 2.19. The predicted molar refractivity (Wildman–Crippen MR) is 33.9 cm³/mol. The molecule has 0 bridgehead atoms. The summed E-state index contributed by atoms with van der Waals surface area (Å²) < 4.78 is 0. The Hall–Kier alpha value is -0.440. The summed E-state index contributed by atoms with van der Waals surface area (Å²) in [6, 6.07) is 0. The molecular weight excluding hydrogens is 120 g/mol. The Balaban J connectivity index is 2.50. The quantitative estimate of drug-likeness (QED) is 0.603. The monoisotopic (exact) mass is 128 g/mol. The Morgan fingerprint density at radius 3 is 3.12 bits per heavy atom. The molecular formula is C5H8N2S. The zero-order valence-corrected chi connectivity index (χ0v) is 5.61. The van der Waals surface area contributed by atoms with E-state index in [2.05, 4.69) is 17.1 Å². The molecule has 3 heteroatoms. The van der Waals surface area contributed by atoms with Crippen LogP contribution in [0.15, 0.2) is 5.51 Å². The van der Waals surface area contributed by atoms with Gasteiger partial charge in [-0.15, -0.1) is 21.5 Å². The van der Waals surface area contributed by atoms with E-state index < -0.39 is 0 Å². The first-order chi connectivity index (χ1) is 3.93. The van der Waals surface area contributed by atoms with E-state index in [-0.39, 0.29) is 0 Å². The highest BCUT2D eigenvalue weighted by Gasteiger charge is 1.90. The number of hydrogen-bond donors (Lipinski definition) is 0. The third kappa shape index (κ3) is 1.26. The molecule has 0 saturated heterocycles. The van der Waals surface area contributed by atoms with E-state index in [1.54, 1.807) is 16.8 Å². The van der Waals surface area contributed by atoms with Crippen LogP contribution in [0.2, 0.25) is 0 Å². The molecule has 1 rings (SSSR count). The van der Waals surface area contributed by atoms with Crippen molar-refractivity contribution in [1.29, 1.82) is 0 Å². The highest BCUT2D eigenvalue weighted by Crippen LogP contribution is 2.02. The number of hydrogen-bond acceptors (Lipinski definition) is 3. The van der Waals surface area contributed by atoms with Crippen LogP contribution in [0.1, 0.15) is 18.4 Å². The Bertz CT molecular complexity index is 136. The van der Waals surface area contributed by atoms with E-state index in [4.69, 9.17) is 0 Å². The van der Waals surface area contributed by atoms with Gasteiger partial charge in [0, 0.05) is 6.42 Å². The molecule has 1 aromatic rings. The van der Waals surface area contributed by atoms with E-state index in [0.29, 0.717) is 0 Å². The SMILES string of the molecule is CCCc1nncs1. The topological polar surface area (TPSA) is 25.8 Å². The zero-order valence-electron chi connectivity index (χ0n) is 4.79. The Labute approximate surface area is 52.6 Å². The van der Waals surface area contributed by atoms with Gasteiger partial charge in [-0.1, -0.05) is 6.92 Å². The number of aryl methyl sites for hydroxylation is 1. The second-order valence-corrected chi connectivity index (χ2v) is 2.50. The van der Waals surface area contributed by atoms with Crippen LogP contribution in [0.5, 0.6) is 0 Å². The molecule has 0 radical (unpaired) electrons. The number of rotatable bonds is 2. The van der Waals surface area contributed by atoms with Crippen LogP contribution in [-0.2, 0) is 6.42 Å². The lowest BCUT2D eigenvalue weighted by molar-refractivity contribution is 0.878. The maximum Gasteiger partial charge on any atom is 0.117 e. The molecule has 1 heterocycles. The lowest BCUT2D eigenvalue weighted by atomic mass is 10.4. The minimum absolute atomic E-state index is 1.07. The Kier molecular flexibility index (Phi) is 1.97. The van der Waals surface area contributed by atoms with Gasteiger partial charge in [0.15, 0.2) is 0 Å². The fourth-order valence-electron chi connectivity index (χ4n) is 0.519. The van der Waals surface area contributed by atoms with Gasteiger partial charge in [0.25, 0.3) is 0 Å². The van der Waals surface area contributed by atoms with Crippen molar-refractivity contribution in [2.45, 2.75) is 19.8 Å². The maximum absolute atomic E-state index is 3.87. The lowest BCUT2D eigenvalue weighted by Gasteiger charge is -1.82.